The van der Waals surface area contributed by atoms with Crippen molar-refractivity contribution in [1.29, 1.82) is 0 Å². The summed E-state index contributed by atoms with van der Waals surface area (Å²) >= 11 is 0. The van der Waals surface area contributed by atoms with E-state index in [-0.39, 0.29) is 18.2 Å². The maximum Gasteiger partial charge on any atom is 0.227 e. The van der Waals surface area contributed by atoms with Crippen LogP contribution < -0.4 is 19.7 Å². The minimum atomic E-state index is -0.403. The van der Waals surface area contributed by atoms with E-state index in [0.717, 1.165) is 16.9 Å². The van der Waals surface area contributed by atoms with Gasteiger partial charge < -0.3 is 24.7 Å². The molecule has 1 unspecified atom stereocenters. The number of carbonyl (C=O) groups is 2. The molecule has 2 heterocycles. The molecule has 1 saturated heterocycles. The van der Waals surface area contributed by atoms with Crippen LogP contribution in [0.25, 0.3) is 11.0 Å². The predicted octanol–water partition coefficient (Wildman–Crippen LogP) is 2.29. The molecule has 1 fully saturated rings. The second-order valence-electron chi connectivity index (χ2n) is 7.18. The van der Waals surface area contributed by atoms with Crippen LogP contribution in [0.3, 0.4) is 0 Å². The summed E-state index contributed by atoms with van der Waals surface area (Å²) in [6.45, 7) is 0.771. The molecule has 30 heavy (non-hydrogen) atoms. The molecule has 8 heteroatoms. The Morgan fingerprint density at radius 3 is 2.83 bits per heavy atom. The number of methoxy groups -OCH3 is 2. The van der Waals surface area contributed by atoms with Gasteiger partial charge in [-0.2, -0.15) is 0 Å². The van der Waals surface area contributed by atoms with Gasteiger partial charge in [-0.3, -0.25) is 9.59 Å². The monoisotopic (exact) mass is 408 g/mol. The van der Waals surface area contributed by atoms with Gasteiger partial charge in [0.15, 0.2) is 0 Å². The third-order valence-electron chi connectivity index (χ3n) is 5.27. The number of carbonyl (C=O) groups excluding carboxylic acids is 2. The number of fused-ring (bicyclic) bond motifs is 1. The lowest BCUT2D eigenvalue weighted by molar-refractivity contribution is -0.126. The number of hydrogen-bond acceptors (Lipinski definition) is 5. The quantitative estimate of drug-likeness (QED) is 0.625. The van der Waals surface area contributed by atoms with Crippen LogP contribution in [-0.4, -0.2) is 49.1 Å². The topological polar surface area (TPSA) is 96.5 Å². The zero-order valence-corrected chi connectivity index (χ0v) is 17.0. The van der Waals surface area contributed by atoms with Gasteiger partial charge in [0.25, 0.3) is 0 Å². The molecule has 0 spiro atoms. The van der Waals surface area contributed by atoms with E-state index in [1.165, 1.54) is 0 Å². The molecule has 0 bridgehead atoms. The summed E-state index contributed by atoms with van der Waals surface area (Å²) in [4.78, 5) is 34.5. The fraction of sp³-hybridized carbons (Fsp3) is 0.318. The molecular weight excluding hydrogens is 384 g/mol. The molecule has 0 radical (unpaired) electrons. The fourth-order valence-electron chi connectivity index (χ4n) is 3.70. The number of H-pyrrole nitrogens is 1. The van der Waals surface area contributed by atoms with E-state index in [0.29, 0.717) is 36.7 Å². The number of imidazole rings is 1. The number of ether oxygens (including phenoxy) is 2. The third kappa shape index (κ3) is 3.94. The van der Waals surface area contributed by atoms with Crippen molar-refractivity contribution in [3.05, 3.63) is 48.3 Å². The van der Waals surface area contributed by atoms with Crippen LogP contribution in [0.15, 0.2) is 42.5 Å². The second kappa shape index (κ2) is 8.44. The Kier molecular flexibility index (Phi) is 5.56. The van der Waals surface area contributed by atoms with Crippen molar-refractivity contribution < 1.29 is 19.1 Å². The van der Waals surface area contributed by atoms with E-state index in [1.807, 2.05) is 24.3 Å². The fourth-order valence-corrected chi connectivity index (χ4v) is 3.70. The normalized spacial score (nSPS) is 16.1. The Labute approximate surface area is 174 Å². The molecule has 2 aromatic carbocycles. The number of benzene rings is 2. The lowest BCUT2D eigenvalue weighted by Crippen LogP contribution is -2.34. The standard InChI is InChI=1S/C22H24N4O4/c1-29-15-7-8-18(19(12-15)30-2)26-13-14(11-21(26)27)22(28)23-10-9-20-24-16-5-3-4-6-17(16)25-20/h3-8,12,14H,9-11,13H2,1-2H3,(H,23,28)(H,24,25). The number of aromatic amines is 1. The van der Waals surface area contributed by atoms with E-state index in [2.05, 4.69) is 15.3 Å². The molecule has 2 amide bonds. The molecule has 156 valence electrons. The number of nitrogens with zero attached hydrogens (tertiary/aromatic N) is 2. The van der Waals surface area contributed by atoms with E-state index < -0.39 is 5.92 Å². The molecule has 2 N–H and O–H groups in total. The van der Waals surface area contributed by atoms with E-state index in [1.54, 1.807) is 37.3 Å². The average Bonchev–Trinajstić information content (AvgIpc) is 3.36. The number of rotatable bonds is 7. The SMILES string of the molecule is COc1ccc(N2CC(C(=O)NCCc3nc4ccccc4[nH]3)CC2=O)c(OC)c1. The first kappa shape index (κ1) is 19.8. The first-order valence-corrected chi connectivity index (χ1v) is 9.82. The zero-order chi connectivity index (χ0) is 21.1. The van der Waals surface area contributed by atoms with Crippen LogP contribution >= 0.6 is 0 Å². The van der Waals surface area contributed by atoms with Crippen LogP contribution in [-0.2, 0) is 16.0 Å². The first-order valence-electron chi connectivity index (χ1n) is 9.82. The minimum Gasteiger partial charge on any atom is -0.497 e. The Hall–Kier alpha value is -3.55. The van der Waals surface area contributed by atoms with Gasteiger partial charge in [0, 0.05) is 32.0 Å². The van der Waals surface area contributed by atoms with Gasteiger partial charge in [-0.25, -0.2) is 4.98 Å². The van der Waals surface area contributed by atoms with Crippen LogP contribution in [0.1, 0.15) is 12.2 Å². The Bertz CT molecular complexity index is 1040. The molecule has 1 aliphatic rings. The summed E-state index contributed by atoms with van der Waals surface area (Å²) < 4.78 is 10.6. The van der Waals surface area contributed by atoms with Gasteiger partial charge in [0.05, 0.1) is 36.9 Å². The van der Waals surface area contributed by atoms with E-state index in [9.17, 15) is 9.59 Å². The maximum atomic E-state index is 12.6. The second-order valence-corrected chi connectivity index (χ2v) is 7.18. The van der Waals surface area contributed by atoms with Gasteiger partial charge in [0.1, 0.15) is 17.3 Å². The van der Waals surface area contributed by atoms with Crippen molar-refractivity contribution >= 4 is 28.5 Å². The van der Waals surface area contributed by atoms with E-state index >= 15 is 0 Å². The van der Waals surface area contributed by atoms with Crippen LogP contribution in [0, 0.1) is 5.92 Å². The molecule has 8 nitrogen and oxygen atoms in total. The molecule has 0 aliphatic carbocycles. The maximum absolute atomic E-state index is 12.6. The molecule has 0 saturated carbocycles. The summed E-state index contributed by atoms with van der Waals surface area (Å²) in [6.07, 6.45) is 0.767. The van der Waals surface area contributed by atoms with Gasteiger partial charge in [0.2, 0.25) is 11.8 Å². The van der Waals surface area contributed by atoms with Gasteiger partial charge in [-0.15, -0.1) is 0 Å². The molecule has 1 atom stereocenters. The smallest absolute Gasteiger partial charge is 0.227 e. The van der Waals surface area contributed by atoms with Gasteiger partial charge in [-0.05, 0) is 24.3 Å². The number of anilines is 1. The van der Waals surface area contributed by atoms with Gasteiger partial charge >= 0.3 is 0 Å². The van der Waals surface area contributed by atoms with Crippen molar-refractivity contribution in [3.63, 3.8) is 0 Å². The molecule has 4 rings (SSSR count). The average molecular weight is 408 g/mol. The number of nitrogens with one attached hydrogen (secondary N) is 2. The van der Waals surface area contributed by atoms with Crippen molar-refractivity contribution in [2.24, 2.45) is 5.92 Å². The highest BCUT2D eigenvalue weighted by atomic mass is 16.5. The summed E-state index contributed by atoms with van der Waals surface area (Å²) in [5.74, 6) is 1.37. The number of hydrogen-bond donors (Lipinski definition) is 2. The summed E-state index contributed by atoms with van der Waals surface area (Å²) in [7, 11) is 3.11. The number of aromatic nitrogens is 2. The molecule has 3 aromatic rings. The zero-order valence-electron chi connectivity index (χ0n) is 17.0. The Morgan fingerprint density at radius 1 is 1.23 bits per heavy atom. The number of para-hydroxylation sites is 2. The molecular formula is C22H24N4O4. The Balaban J connectivity index is 1.36. The van der Waals surface area contributed by atoms with Crippen LogP contribution in [0.2, 0.25) is 0 Å². The van der Waals surface area contributed by atoms with Crippen molar-refractivity contribution in [3.8, 4) is 11.5 Å². The highest BCUT2D eigenvalue weighted by Crippen LogP contribution is 2.35. The van der Waals surface area contributed by atoms with Gasteiger partial charge in [-0.1, -0.05) is 12.1 Å². The summed E-state index contributed by atoms with van der Waals surface area (Å²) in [5.41, 5.74) is 2.52. The van der Waals surface area contributed by atoms with Crippen LogP contribution in [0.4, 0.5) is 5.69 Å². The molecule has 1 aliphatic heterocycles. The van der Waals surface area contributed by atoms with E-state index in [4.69, 9.17) is 9.47 Å². The van der Waals surface area contributed by atoms with Crippen molar-refractivity contribution in [2.75, 3.05) is 32.2 Å². The van der Waals surface area contributed by atoms with Crippen LogP contribution in [0.5, 0.6) is 11.5 Å². The number of amides is 2. The highest BCUT2D eigenvalue weighted by Gasteiger charge is 2.36. The lowest BCUT2D eigenvalue weighted by Gasteiger charge is -2.20. The minimum absolute atomic E-state index is 0.101. The van der Waals surface area contributed by atoms with Crippen molar-refractivity contribution in [2.45, 2.75) is 12.8 Å². The largest absolute Gasteiger partial charge is 0.497 e. The predicted molar refractivity (Wildman–Crippen MR) is 113 cm³/mol. The summed E-state index contributed by atoms with van der Waals surface area (Å²) in [6, 6.07) is 13.1. The lowest BCUT2D eigenvalue weighted by atomic mass is 10.1. The van der Waals surface area contributed by atoms with Crippen molar-refractivity contribution in [1.82, 2.24) is 15.3 Å². The Morgan fingerprint density at radius 2 is 2.07 bits per heavy atom. The summed E-state index contributed by atoms with van der Waals surface area (Å²) in [5, 5.41) is 2.93. The third-order valence-corrected chi connectivity index (χ3v) is 5.27. The highest BCUT2D eigenvalue weighted by molar-refractivity contribution is 6.01. The first-order chi connectivity index (χ1) is 14.6. The molecule has 1 aromatic heterocycles.